The van der Waals surface area contributed by atoms with Crippen LogP contribution in [0.25, 0.3) is 0 Å². The summed E-state index contributed by atoms with van der Waals surface area (Å²) in [5.74, 6) is 0. The molecule has 0 aliphatic carbocycles. The minimum absolute atomic E-state index is 0. The molecule has 0 unspecified atom stereocenters. The van der Waals surface area contributed by atoms with Gasteiger partial charge in [-0.1, -0.05) is 64.7 Å². The molecule has 5 nitrogen and oxygen atoms in total. The van der Waals surface area contributed by atoms with Crippen molar-refractivity contribution in [1.82, 2.24) is 0 Å². The molecular weight excluding hydrogens is 291 g/mol. The van der Waals surface area contributed by atoms with E-state index < -0.39 is 17.2 Å². The number of hydrogen-bond acceptors (Lipinski definition) is 5. The van der Waals surface area contributed by atoms with Crippen molar-refractivity contribution in [3.8, 4) is 0 Å². The van der Waals surface area contributed by atoms with Crippen molar-refractivity contribution in [3.63, 3.8) is 0 Å². The van der Waals surface area contributed by atoms with Crippen molar-refractivity contribution in [1.29, 1.82) is 0 Å². The van der Waals surface area contributed by atoms with E-state index in [1.165, 1.54) is 44.9 Å². The van der Waals surface area contributed by atoms with Crippen molar-refractivity contribution in [2.45, 2.75) is 71.1 Å². The van der Waals surface area contributed by atoms with Gasteiger partial charge in [-0.05, 0) is 6.42 Å². The van der Waals surface area contributed by atoms with Crippen LogP contribution in [-0.2, 0) is 18.8 Å². The van der Waals surface area contributed by atoms with Crippen molar-refractivity contribution in [3.05, 3.63) is 0 Å². The molecule has 0 bridgehead atoms. The molecule has 0 amide bonds. The van der Waals surface area contributed by atoms with E-state index in [1.54, 1.807) is 0 Å². The second kappa shape index (κ2) is 16.2. The summed E-state index contributed by atoms with van der Waals surface area (Å²) in [6, 6.07) is 0. The SMILES string of the molecule is CCCCCCCCCCCCOS(=O)(=O)OCO.[NaH]. The fraction of sp³-hybridized carbons (Fsp3) is 1.00. The Morgan fingerprint density at radius 3 is 1.70 bits per heavy atom. The molecule has 0 aromatic heterocycles. The van der Waals surface area contributed by atoms with E-state index >= 15 is 0 Å². The maximum atomic E-state index is 10.9. The molecule has 0 aromatic carbocycles. The van der Waals surface area contributed by atoms with E-state index in [4.69, 9.17) is 5.11 Å². The predicted octanol–water partition coefficient (Wildman–Crippen LogP) is 2.49. The van der Waals surface area contributed by atoms with E-state index in [1.807, 2.05) is 0 Å². The van der Waals surface area contributed by atoms with Gasteiger partial charge in [-0.15, -0.1) is 0 Å². The summed E-state index contributed by atoms with van der Waals surface area (Å²) < 4.78 is 30.3. The third kappa shape index (κ3) is 16.9. The Morgan fingerprint density at radius 1 is 0.800 bits per heavy atom. The minimum atomic E-state index is -3.99. The van der Waals surface area contributed by atoms with Crippen LogP contribution < -0.4 is 0 Å². The molecule has 0 atom stereocenters. The van der Waals surface area contributed by atoms with Crippen LogP contribution in [0.1, 0.15) is 71.1 Å². The molecule has 0 aliphatic rings. The summed E-state index contributed by atoms with van der Waals surface area (Å²) in [7, 11) is -3.99. The van der Waals surface area contributed by atoms with Crippen molar-refractivity contribution < 1.29 is 21.9 Å². The van der Waals surface area contributed by atoms with Gasteiger partial charge in [-0.2, -0.15) is 8.42 Å². The Hall–Kier alpha value is 0.830. The molecule has 0 saturated carbocycles. The molecule has 0 aromatic rings. The zero-order chi connectivity index (χ0) is 14.4. The monoisotopic (exact) mass is 320 g/mol. The summed E-state index contributed by atoms with van der Waals surface area (Å²) in [5, 5.41) is 8.30. The first kappa shape index (κ1) is 23.1. The summed E-state index contributed by atoms with van der Waals surface area (Å²) in [6.07, 6.45) is 11.8. The number of aliphatic hydroxyl groups is 1. The number of hydrogen-bond donors (Lipinski definition) is 1. The van der Waals surface area contributed by atoms with Crippen molar-refractivity contribution in [2.24, 2.45) is 0 Å². The second-order valence-electron chi connectivity index (χ2n) is 4.66. The summed E-state index contributed by atoms with van der Waals surface area (Å²) in [4.78, 5) is 0. The van der Waals surface area contributed by atoms with Gasteiger partial charge < -0.3 is 5.11 Å². The standard InChI is InChI=1S/C13H28O5S.Na.H/c1-2-3-4-5-6-7-8-9-10-11-12-17-19(15,16)18-13-14;;/h14H,2-13H2,1H3;;. The Morgan fingerprint density at radius 2 is 1.25 bits per heavy atom. The molecule has 118 valence electrons. The molecule has 0 spiro atoms. The third-order valence-electron chi connectivity index (χ3n) is 2.92. The van der Waals surface area contributed by atoms with Gasteiger partial charge in [0.2, 0.25) is 0 Å². The van der Waals surface area contributed by atoms with E-state index in [9.17, 15) is 8.42 Å². The molecule has 0 rings (SSSR count). The molecule has 7 heteroatoms. The average molecular weight is 320 g/mol. The molecule has 0 radical (unpaired) electrons. The van der Waals surface area contributed by atoms with Gasteiger partial charge in [0.05, 0.1) is 6.61 Å². The number of aliphatic hydroxyl groups excluding tert-OH is 1. The average Bonchev–Trinajstić information content (AvgIpc) is 2.36. The van der Waals surface area contributed by atoms with Crippen LogP contribution in [0.2, 0.25) is 0 Å². The first-order valence-corrected chi connectivity index (χ1v) is 8.60. The van der Waals surface area contributed by atoms with Crippen molar-refractivity contribution in [2.75, 3.05) is 13.4 Å². The molecule has 20 heavy (non-hydrogen) atoms. The normalized spacial score (nSPS) is 11.3. The van der Waals surface area contributed by atoms with Gasteiger partial charge in [0.1, 0.15) is 0 Å². The van der Waals surface area contributed by atoms with E-state index in [0.717, 1.165) is 12.8 Å². The third-order valence-corrected chi connectivity index (χ3v) is 3.77. The van der Waals surface area contributed by atoms with E-state index in [2.05, 4.69) is 15.3 Å². The fourth-order valence-corrected chi connectivity index (χ4v) is 2.37. The molecule has 0 aliphatic heterocycles. The van der Waals surface area contributed by atoms with Crippen LogP contribution in [-0.4, -0.2) is 56.5 Å². The maximum absolute atomic E-state index is 10.9. The van der Waals surface area contributed by atoms with Gasteiger partial charge in [0.15, 0.2) is 6.79 Å². The van der Waals surface area contributed by atoms with Crippen molar-refractivity contribution >= 4 is 40.0 Å². The Balaban J connectivity index is 0. The van der Waals surface area contributed by atoms with Gasteiger partial charge in [0, 0.05) is 0 Å². The molecule has 0 fully saturated rings. The van der Waals surface area contributed by atoms with Crippen LogP contribution in [0, 0.1) is 0 Å². The Labute approximate surface area is 146 Å². The van der Waals surface area contributed by atoms with Crippen LogP contribution >= 0.6 is 0 Å². The second-order valence-corrected chi connectivity index (χ2v) is 5.95. The van der Waals surface area contributed by atoms with Gasteiger partial charge >= 0.3 is 40.0 Å². The van der Waals surface area contributed by atoms with E-state index in [-0.39, 0.29) is 36.2 Å². The summed E-state index contributed by atoms with van der Waals surface area (Å²) in [5.41, 5.74) is 0. The van der Waals surface area contributed by atoms with E-state index in [0.29, 0.717) is 6.42 Å². The molecule has 1 N–H and O–H groups in total. The quantitative estimate of drug-likeness (QED) is 0.302. The van der Waals surface area contributed by atoms with Crippen LogP contribution in [0.4, 0.5) is 0 Å². The fourth-order valence-electron chi connectivity index (χ4n) is 1.85. The molecule has 0 saturated heterocycles. The van der Waals surface area contributed by atoms with Crippen LogP contribution in [0.3, 0.4) is 0 Å². The Bertz CT molecular complexity index is 282. The zero-order valence-corrected chi connectivity index (χ0v) is 12.8. The van der Waals surface area contributed by atoms with Crippen LogP contribution in [0.15, 0.2) is 0 Å². The summed E-state index contributed by atoms with van der Waals surface area (Å²) in [6.45, 7) is 1.47. The van der Waals surface area contributed by atoms with Crippen LogP contribution in [0.5, 0.6) is 0 Å². The summed E-state index contributed by atoms with van der Waals surface area (Å²) >= 11 is 0. The first-order chi connectivity index (χ1) is 9.12. The number of rotatable bonds is 14. The van der Waals surface area contributed by atoms with Gasteiger partial charge in [0.25, 0.3) is 0 Å². The molecule has 0 heterocycles. The Kier molecular flexibility index (Phi) is 18.7. The topological polar surface area (TPSA) is 72.8 Å². The van der Waals surface area contributed by atoms with Gasteiger partial charge in [-0.3, -0.25) is 0 Å². The molecular formula is C13H29NaO5S. The first-order valence-electron chi connectivity index (χ1n) is 7.27. The number of unbranched alkanes of at least 4 members (excludes halogenated alkanes) is 9. The van der Waals surface area contributed by atoms with Gasteiger partial charge in [-0.25, -0.2) is 8.37 Å². The zero-order valence-electron chi connectivity index (χ0n) is 12.0. The predicted molar refractivity (Wildman–Crippen MR) is 82.0 cm³/mol.